The van der Waals surface area contributed by atoms with E-state index in [1.54, 1.807) is 25.1 Å². The Kier molecular flexibility index (Phi) is 4.39. The van der Waals surface area contributed by atoms with Crippen molar-refractivity contribution >= 4 is 11.8 Å². The molecule has 1 aromatic rings. The maximum absolute atomic E-state index is 12.3. The summed E-state index contributed by atoms with van der Waals surface area (Å²) in [5, 5.41) is 6.90. The zero-order valence-electron chi connectivity index (χ0n) is 13.9. The first-order chi connectivity index (χ1) is 10.9. The lowest BCUT2D eigenvalue weighted by Crippen LogP contribution is -2.41. The summed E-state index contributed by atoms with van der Waals surface area (Å²) in [6.07, 6.45) is 2.23. The van der Waals surface area contributed by atoms with Gasteiger partial charge in [-0.1, -0.05) is 12.1 Å². The number of likely N-dealkylation sites (N-methyl/N-ethyl adjacent to an activating group) is 1. The molecule has 2 aliphatic rings. The third-order valence-corrected chi connectivity index (χ3v) is 4.60. The average molecular weight is 320 g/mol. The van der Waals surface area contributed by atoms with Gasteiger partial charge in [0.2, 0.25) is 5.91 Å². The molecule has 1 saturated heterocycles. The number of carbonyl (C=O) groups is 2. The maximum atomic E-state index is 12.3. The number of likely N-dealkylation sites (tertiary alicyclic amines) is 1. The molecule has 3 rings (SSSR count). The van der Waals surface area contributed by atoms with E-state index >= 15 is 0 Å². The third kappa shape index (κ3) is 3.72. The van der Waals surface area contributed by atoms with Crippen LogP contribution in [-0.2, 0) is 4.79 Å². The smallest absolute Gasteiger partial charge is 0.273 e. The van der Waals surface area contributed by atoms with E-state index in [1.165, 1.54) is 0 Å². The van der Waals surface area contributed by atoms with Crippen LogP contribution < -0.4 is 5.32 Å². The molecule has 1 aromatic heterocycles. The zero-order valence-corrected chi connectivity index (χ0v) is 13.9. The van der Waals surface area contributed by atoms with E-state index in [9.17, 15) is 9.59 Å². The lowest BCUT2D eigenvalue weighted by Gasteiger charge is -2.18. The standard InChI is InChI=1S/C16H24N4O3/c1-10-7-20(9-15(21)19(2)3)8-13(10)17-16(22)12-6-14(23-18-12)11-4-5-11/h6,10-11,13H,4-5,7-9H2,1-3H3,(H,17,22). The normalized spacial score (nSPS) is 24.7. The van der Waals surface area contributed by atoms with E-state index in [0.29, 0.717) is 30.6 Å². The summed E-state index contributed by atoms with van der Waals surface area (Å²) in [6, 6.07) is 1.78. The van der Waals surface area contributed by atoms with E-state index in [-0.39, 0.29) is 17.9 Å². The molecule has 0 aromatic carbocycles. The molecule has 2 unspecified atom stereocenters. The van der Waals surface area contributed by atoms with E-state index in [4.69, 9.17) is 4.52 Å². The van der Waals surface area contributed by atoms with Crippen molar-refractivity contribution in [2.45, 2.75) is 31.7 Å². The molecule has 1 aliphatic heterocycles. The quantitative estimate of drug-likeness (QED) is 0.863. The Balaban J connectivity index is 1.54. The first-order valence-corrected chi connectivity index (χ1v) is 8.14. The number of amides is 2. The fraction of sp³-hybridized carbons (Fsp3) is 0.688. The molecule has 7 heteroatoms. The van der Waals surface area contributed by atoms with Crippen molar-refractivity contribution in [2.75, 3.05) is 33.7 Å². The molecule has 0 bridgehead atoms. The molecule has 2 amide bonds. The van der Waals surface area contributed by atoms with Crippen molar-refractivity contribution in [3.63, 3.8) is 0 Å². The third-order valence-electron chi connectivity index (χ3n) is 4.60. The number of aromatic nitrogens is 1. The van der Waals surface area contributed by atoms with Crippen molar-refractivity contribution in [2.24, 2.45) is 5.92 Å². The zero-order chi connectivity index (χ0) is 16.6. The SMILES string of the molecule is CC1CN(CC(=O)N(C)C)CC1NC(=O)c1cc(C2CC2)on1. The Bertz CT molecular complexity index is 594. The van der Waals surface area contributed by atoms with Crippen LogP contribution in [0.5, 0.6) is 0 Å². The number of nitrogens with zero attached hydrogens (tertiary/aromatic N) is 3. The van der Waals surface area contributed by atoms with Crippen molar-refractivity contribution in [1.82, 2.24) is 20.3 Å². The Morgan fingerprint density at radius 1 is 1.39 bits per heavy atom. The molecule has 0 radical (unpaired) electrons. The molecular weight excluding hydrogens is 296 g/mol. The first kappa shape index (κ1) is 16.0. The van der Waals surface area contributed by atoms with Crippen LogP contribution in [0.25, 0.3) is 0 Å². The van der Waals surface area contributed by atoms with E-state index < -0.39 is 0 Å². The lowest BCUT2D eigenvalue weighted by molar-refractivity contribution is -0.129. The van der Waals surface area contributed by atoms with Gasteiger partial charge in [0.1, 0.15) is 5.76 Å². The van der Waals surface area contributed by atoms with Crippen LogP contribution >= 0.6 is 0 Å². The Labute approximate surface area is 136 Å². The highest BCUT2D eigenvalue weighted by molar-refractivity contribution is 5.92. The van der Waals surface area contributed by atoms with Gasteiger partial charge < -0.3 is 14.7 Å². The number of hydrogen-bond acceptors (Lipinski definition) is 5. The number of rotatable bonds is 5. The summed E-state index contributed by atoms with van der Waals surface area (Å²) in [5.41, 5.74) is 0.349. The highest BCUT2D eigenvalue weighted by atomic mass is 16.5. The molecule has 2 fully saturated rings. The molecular formula is C16H24N4O3. The molecule has 1 aliphatic carbocycles. The summed E-state index contributed by atoms with van der Waals surface area (Å²) in [4.78, 5) is 27.8. The van der Waals surface area contributed by atoms with Crippen LogP contribution in [0.2, 0.25) is 0 Å². The highest BCUT2D eigenvalue weighted by Gasteiger charge is 2.33. The minimum atomic E-state index is -0.196. The minimum Gasteiger partial charge on any atom is -0.360 e. The van der Waals surface area contributed by atoms with Crippen LogP contribution in [0.3, 0.4) is 0 Å². The molecule has 1 N–H and O–H groups in total. The summed E-state index contributed by atoms with van der Waals surface area (Å²) in [7, 11) is 3.51. The van der Waals surface area contributed by atoms with Gasteiger partial charge in [-0.2, -0.15) is 0 Å². The van der Waals surface area contributed by atoms with Crippen molar-refractivity contribution in [3.8, 4) is 0 Å². The van der Waals surface area contributed by atoms with Gasteiger partial charge in [0.05, 0.1) is 6.54 Å². The summed E-state index contributed by atoms with van der Waals surface area (Å²) >= 11 is 0. The molecule has 2 atom stereocenters. The van der Waals surface area contributed by atoms with Gasteiger partial charge in [-0.3, -0.25) is 14.5 Å². The van der Waals surface area contributed by atoms with Crippen LogP contribution in [0.1, 0.15) is 41.9 Å². The lowest BCUT2D eigenvalue weighted by atomic mass is 10.1. The van der Waals surface area contributed by atoms with Gasteiger partial charge >= 0.3 is 0 Å². The van der Waals surface area contributed by atoms with Crippen LogP contribution in [-0.4, -0.2) is 66.5 Å². The second-order valence-electron chi connectivity index (χ2n) is 6.93. The molecule has 23 heavy (non-hydrogen) atoms. The Hall–Kier alpha value is -1.89. The van der Waals surface area contributed by atoms with Crippen LogP contribution in [0, 0.1) is 5.92 Å². The van der Waals surface area contributed by atoms with E-state index in [1.807, 2.05) is 0 Å². The van der Waals surface area contributed by atoms with Gasteiger partial charge in [0, 0.05) is 45.2 Å². The van der Waals surface area contributed by atoms with Crippen molar-refractivity contribution in [1.29, 1.82) is 0 Å². The minimum absolute atomic E-state index is 0.0264. The van der Waals surface area contributed by atoms with Gasteiger partial charge in [-0.05, 0) is 18.8 Å². The van der Waals surface area contributed by atoms with Crippen LogP contribution in [0.4, 0.5) is 0 Å². The fourth-order valence-corrected chi connectivity index (χ4v) is 2.92. The topological polar surface area (TPSA) is 78.7 Å². The number of carbonyl (C=O) groups excluding carboxylic acids is 2. The molecule has 7 nitrogen and oxygen atoms in total. The molecule has 0 spiro atoms. The van der Waals surface area contributed by atoms with Gasteiger partial charge in [0.15, 0.2) is 5.69 Å². The Morgan fingerprint density at radius 3 is 2.78 bits per heavy atom. The number of nitrogens with one attached hydrogen (secondary N) is 1. The number of hydrogen-bond donors (Lipinski definition) is 1. The van der Waals surface area contributed by atoms with Gasteiger partial charge in [-0.15, -0.1) is 0 Å². The summed E-state index contributed by atoms with van der Waals surface area (Å²) in [6.45, 7) is 3.96. The van der Waals surface area contributed by atoms with Crippen LogP contribution in [0.15, 0.2) is 10.6 Å². The van der Waals surface area contributed by atoms with Gasteiger partial charge in [0.25, 0.3) is 5.91 Å². The first-order valence-electron chi connectivity index (χ1n) is 8.14. The van der Waals surface area contributed by atoms with Gasteiger partial charge in [-0.25, -0.2) is 0 Å². The molecule has 126 valence electrons. The van der Waals surface area contributed by atoms with E-state index in [0.717, 1.165) is 25.1 Å². The highest BCUT2D eigenvalue weighted by Crippen LogP contribution is 2.40. The van der Waals surface area contributed by atoms with Crippen molar-refractivity contribution < 1.29 is 14.1 Å². The maximum Gasteiger partial charge on any atom is 0.273 e. The predicted molar refractivity (Wildman–Crippen MR) is 84.0 cm³/mol. The summed E-state index contributed by atoms with van der Waals surface area (Å²) in [5.74, 6) is 1.44. The largest absolute Gasteiger partial charge is 0.360 e. The summed E-state index contributed by atoms with van der Waals surface area (Å²) < 4.78 is 5.23. The molecule has 1 saturated carbocycles. The monoisotopic (exact) mass is 320 g/mol. The fourth-order valence-electron chi connectivity index (χ4n) is 2.92. The predicted octanol–water partition coefficient (Wildman–Crippen LogP) is 0.690. The average Bonchev–Trinajstić information content (AvgIpc) is 3.12. The van der Waals surface area contributed by atoms with E-state index in [2.05, 4.69) is 22.3 Å². The second-order valence-corrected chi connectivity index (χ2v) is 6.93. The second kappa shape index (κ2) is 6.31. The molecule has 2 heterocycles. The van der Waals surface area contributed by atoms with Crippen molar-refractivity contribution in [3.05, 3.63) is 17.5 Å². The Morgan fingerprint density at radius 2 is 2.13 bits per heavy atom.